The quantitative estimate of drug-likeness (QED) is 0.138. The summed E-state index contributed by atoms with van der Waals surface area (Å²) in [6, 6.07) is 3.68. The lowest BCUT2D eigenvalue weighted by atomic mass is 9.82. The number of hydrogen-bond donors (Lipinski definition) is 4. The molecule has 2 saturated carbocycles. The molecule has 3 heterocycles. The highest BCUT2D eigenvalue weighted by molar-refractivity contribution is 9.10. The van der Waals surface area contributed by atoms with Crippen LogP contribution in [0.1, 0.15) is 66.2 Å². The summed E-state index contributed by atoms with van der Waals surface area (Å²) in [7, 11) is 1.57. The van der Waals surface area contributed by atoms with Crippen molar-refractivity contribution in [3.05, 3.63) is 40.7 Å². The Labute approximate surface area is 321 Å². The van der Waals surface area contributed by atoms with Crippen molar-refractivity contribution in [2.75, 3.05) is 19.0 Å². The zero-order chi connectivity index (χ0) is 38.2. The van der Waals surface area contributed by atoms with Gasteiger partial charge in [-0.3, -0.25) is 14.4 Å². The molecule has 3 amide bonds. The Morgan fingerprint density at radius 1 is 1.15 bits per heavy atom. The fourth-order valence-corrected chi connectivity index (χ4v) is 8.50. The van der Waals surface area contributed by atoms with E-state index in [9.17, 15) is 24.3 Å². The molecular formula is C38H47BrN6O7S. The van der Waals surface area contributed by atoms with Gasteiger partial charge in [-0.1, -0.05) is 26.3 Å². The number of methoxy groups -OCH3 is 1. The molecule has 1 aliphatic heterocycles. The molecule has 1 saturated heterocycles. The first kappa shape index (κ1) is 38.5. The number of carboxylic acids is 1. The second-order valence-electron chi connectivity index (χ2n) is 14.9. The molecule has 0 spiro atoms. The molecule has 0 radical (unpaired) electrons. The smallest absolute Gasteiger partial charge is 0.330 e. The highest BCUT2D eigenvalue weighted by Crippen LogP contribution is 2.45. The number of anilines is 1. The number of fused-ring (bicyclic) bond motifs is 1. The molecule has 3 aromatic rings. The van der Waals surface area contributed by atoms with Gasteiger partial charge in [-0.05, 0) is 73.0 Å². The molecule has 2 aromatic heterocycles. The molecular weight excluding hydrogens is 764 g/mol. The molecule has 4 N–H and O–H groups in total. The summed E-state index contributed by atoms with van der Waals surface area (Å²) < 4.78 is 12.9. The standard InChI is InChI=1S/C38H47BrN6O7S/c1-7-22-16-38(22,36(49)50)44-34(47)27-14-23(17-45(27)35(48)32(19(2)3)43-30(46)13-21-9-8-10-21)52-29-15-25(26-18-53-37(42-26)40-20(4)5)41-33-24(29)11-12-28(51-6)31(33)39/h7,11-12,15,18-23,27,32H,1,8-10,13-14,16-17H2,2-6H3,(H,40,42)(H,43,46)(H,44,47)(H,49,50)/t22-,23-,27+,32+,38-/m1/s1. The van der Waals surface area contributed by atoms with Crippen LogP contribution >= 0.6 is 27.3 Å². The third-order valence-electron chi connectivity index (χ3n) is 10.4. The summed E-state index contributed by atoms with van der Waals surface area (Å²) in [4.78, 5) is 64.9. The maximum absolute atomic E-state index is 14.4. The Morgan fingerprint density at radius 3 is 2.51 bits per heavy atom. The summed E-state index contributed by atoms with van der Waals surface area (Å²) >= 11 is 5.11. The first-order valence-corrected chi connectivity index (χ1v) is 19.8. The van der Waals surface area contributed by atoms with Crippen LogP contribution in [0, 0.1) is 17.8 Å². The molecule has 0 bridgehead atoms. The number of hydrogen-bond acceptors (Lipinski definition) is 10. The maximum Gasteiger partial charge on any atom is 0.330 e. The van der Waals surface area contributed by atoms with Gasteiger partial charge in [-0.25, -0.2) is 14.8 Å². The molecule has 6 rings (SSSR count). The number of amides is 3. The van der Waals surface area contributed by atoms with E-state index in [2.05, 4.69) is 38.5 Å². The summed E-state index contributed by atoms with van der Waals surface area (Å²) in [5, 5.41) is 22.4. The van der Waals surface area contributed by atoms with Crippen molar-refractivity contribution in [1.82, 2.24) is 25.5 Å². The van der Waals surface area contributed by atoms with Crippen molar-refractivity contribution in [3.63, 3.8) is 0 Å². The second-order valence-corrected chi connectivity index (χ2v) is 16.6. The van der Waals surface area contributed by atoms with Crippen LogP contribution in [-0.4, -0.2) is 87.1 Å². The Kier molecular flexibility index (Phi) is 11.3. The van der Waals surface area contributed by atoms with E-state index in [1.54, 1.807) is 19.2 Å². The van der Waals surface area contributed by atoms with Gasteiger partial charge in [0.2, 0.25) is 17.7 Å². The van der Waals surface area contributed by atoms with Crippen LogP contribution < -0.4 is 25.4 Å². The normalized spacial score (nSPS) is 23.0. The van der Waals surface area contributed by atoms with Crippen LogP contribution in [0.3, 0.4) is 0 Å². The fourth-order valence-electron chi connectivity index (χ4n) is 7.06. The van der Waals surface area contributed by atoms with E-state index in [0.717, 1.165) is 24.4 Å². The SMILES string of the molecule is C=C[C@@H]1C[C@]1(NC(=O)[C@@H]1C[C@@H](Oc2cc(-c3csc(NC(C)C)n3)nc3c(Br)c(OC)ccc23)CN1C(=O)[C@@H](NC(=O)CC1CCC1)C(C)C)C(=O)O. The average molecular weight is 812 g/mol. The highest BCUT2D eigenvalue weighted by atomic mass is 79.9. The van der Waals surface area contributed by atoms with E-state index in [4.69, 9.17) is 19.4 Å². The lowest BCUT2D eigenvalue weighted by molar-refractivity contribution is -0.146. The Bertz CT molecular complexity index is 1910. The molecule has 5 atom stereocenters. The van der Waals surface area contributed by atoms with Crippen LogP contribution in [-0.2, 0) is 19.2 Å². The molecule has 53 heavy (non-hydrogen) atoms. The summed E-state index contributed by atoms with van der Waals surface area (Å²) in [6.45, 7) is 11.5. The molecule has 13 nitrogen and oxygen atoms in total. The van der Waals surface area contributed by atoms with Gasteiger partial charge in [-0.15, -0.1) is 17.9 Å². The zero-order valence-corrected chi connectivity index (χ0v) is 33.0. The van der Waals surface area contributed by atoms with Crippen molar-refractivity contribution >= 4 is 67.0 Å². The van der Waals surface area contributed by atoms with Gasteiger partial charge in [0.25, 0.3) is 0 Å². The third-order valence-corrected chi connectivity index (χ3v) is 11.9. The third kappa shape index (κ3) is 8.01. The predicted molar refractivity (Wildman–Crippen MR) is 206 cm³/mol. The van der Waals surface area contributed by atoms with E-state index in [1.165, 1.54) is 22.3 Å². The van der Waals surface area contributed by atoms with Gasteiger partial charge in [-0.2, -0.15) is 0 Å². The first-order chi connectivity index (χ1) is 25.2. The lowest BCUT2D eigenvalue weighted by Gasteiger charge is -2.32. The number of halogens is 1. The Balaban J connectivity index is 1.33. The number of nitrogens with zero attached hydrogens (tertiary/aromatic N) is 3. The van der Waals surface area contributed by atoms with Gasteiger partial charge in [0.05, 0.1) is 29.3 Å². The number of thiazole rings is 1. The molecule has 284 valence electrons. The summed E-state index contributed by atoms with van der Waals surface area (Å²) in [6.07, 6.45) is 4.57. The number of aromatic nitrogens is 2. The number of nitrogens with one attached hydrogen (secondary N) is 3. The van der Waals surface area contributed by atoms with Crippen molar-refractivity contribution in [3.8, 4) is 22.9 Å². The maximum atomic E-state index is 14.4. The van der Waals surface area contributed by atoms with Crippen molar-refractivity contribution in [2.45, 2.75) is 96.0 Å². The van der Waals surface area contributed by atoms with Gasteiger partial charge < -0.3 is 35.4 Å². The minimum absolute atomic E-state index is 0.0270. The lowest BCUT2D eigenvalue weighted by Crippen LogP contribution is -2.57. The minimum atomic E-state index is -1.49. The number of carbonyl (C=O) groups excluding carboxylic acids is 3. The van der Waals surface area contributed by atoms with Crippen molar-refractivity contribution < 1.29 is 33.8 Å². The molecule has 2 aliphatic carbocycles. The van der Waals surface area contributed by atoms with Gasteiger partial charge in [0, 0.05) is 41.6 Å². The van der Waals surface area contributed by atoms with Crippen LogP contribution in [0.25, 0.3) is 22.3 Å². The number of likely N-dealkylation sites (tertiary alicyclic amines) is 1. The number of carboxylic acid groups (broad SMARTS) is 1. The van der Waals surface area contributed by atoms with Crippen LogP contribution in [0.2, 0.25) is 0 Å². The number of ether oxygens (including phenoxy) is 2. The monoisotopic (exact) mass is 810 g/mol. The summed E-state index contributed by atoms with van der Waals surface area (Å²) in [5.74, 6) is -1.74. The van der Waals surface area contributed by atoms with E-state index in [0.29, 0.717) is 50.6 Å². The van der Waals surface area contributed by atoms with Crippen LogP contribution in [0.5, 0.6) is 11.5 Å². The van der Waals surface area contributed by atoms with Crippen molar-refractivity contribution in [2.24, 2.45) is 17.8 Å². The average Bonchev–Trinajstić information content (AvgIpc) is 3.37. The molecule has 3 fully saturated rings. The Hall–Kier alpha value is -4.24. The number of pyridine rings is 1. The first-order valence-electron chi connectivity index (χ1n) is 18.1. The Morgan fingerprint density at radius 2 is 1.91 bits per heavy atom. The predicted octanol–water partition coefficient (Wildman–Crippen LogP) is 5.77. The topological polar surface area (TPSA) is 172 Å². The van der Waals surface area contributed by atoms with E-state index in [1.807, 2.05) is 39.1 Å². The van der Waals surface area contributed by atoms with Gasteiger partial charge >= 0.3 is 5.97 Å². The minimum Gasteiger partial charge on any atom is -0.495 e. The number of aliphatic carboxylic acids is 1. The van der Waals surface area contributed by atoms with Gasteiger partial charge in [0.15, 0.2) is 5.13 Å². The second kappa shape index (κ2) is 15.6. The molecule has 3 aliphatic rings. The molecule has 0 unspecified atom stereocenters. The highest BCUT2D eigenvalue weighted by Gasteiger charge is 2.61. The van der Waals surface area contributed by atoms with Crippen molar-refractivity contribution in [1.29, 1.82) is 0 Å². The number of rotatable bonds is 15. The molecule has 15 heteroatoms. The summed E-state index contributed by atoms with van der Waals surface area (Å²) in [5.41, 5.74) is 0.276. The van der Waals surface area contributed by atoms with E-state index < -0.39 is 47.4 Å². The molecule has 1 aromatic carbocycles. The zero-order valence-electron chi connectivity index (χ0n) is 30.6. The van der Waals surface area contributed by atoms with Crippen LogP contribution in [0.15, 0.2) is 40.7 Å². The van der Waals surface area contributed by atoms with E-state index in [-0.39, 0.29) is 37.3 Å². The number of carbonyl (C=O) groups is 4. The van der Waals surface area contributed by atoms with E-state index >= 15 is 0 Å². The van der Waals surface area contributed by atoms with Gasteiger partial charge in [0.1, 0.15) is 40.9 Å². The largest absolute Gasteiger partial charge is 0.495 e. The fraction of sp³-hybridized carbons (Fsp3) is 0.526. The number of benzene rings is 1. The van der Waals surface area contributed by atoms with Crippen LogP contribution in [0.4, 0.5) is 5.13 Å².